The summed E-state index contributed by atoms with van der Waals surface area (Å²) in [5.41, 5.74) is 2.90. The first-order valence-corrected chi connectivity index (χ1v) is 7.28. The molecule has 1 aromatic carbocycles. The highest BCUT2D eigenvalue weighted by Crippen LogP contribution is 2.38. The van der Waals surface area contributed by atoms with Gasteiger partial charge in [-0.1, -0.05) is 0 Å². The Balaban J connectivity index is 1.72. The van der Waals surface area contributed by atoms with E-state index in [1.165, 1.54) is 12.1 Å². The van der Waals surface area contributed by atoms with E-state index in [9.17, 15) is 14.3 Å². The molecule has 0 aromatic heterocycles. The monoisotopic (exact) mass is 293 g/mol. The van der Waals surface area contributed by atoms with Crippen molar-refractivity contribution in [1.29, 1.82) is 0 Å². The SMILES string of the molecule is NNC(=O)c1ccc(F)c(CN2CC3CCC(O)C3C2)c1. The van der Waals surface area contributed by atoms with Crippen LogP contribution in [0.4, 0.5) is 4.39 Å². The van der Waals surface area contributed by atoms with Crippen molar-refractivity contribution in [2.45, 2.75) is 25.5 Å². The summed E-state index contributed by atoms with van der Waals surface area (Å²) in [6, 6.07) is 4.26. The van der Waals surface area contributed by atoms with Crippen LogP contribution in [-0.4, -0.2) is 35.1 Å². The van der Waals surface area contributed by atoms with E-state index in [0.717, 1.165) is 25.9 Å². The molecule has 0 spiro atoms. The molecule has 2 fully saturated rings. The average Bonchev–Trinajstić information content (AvgIpc) is 3.02. The second-order valence-corrected chi connectivity index (χ2v) is 6.04. The van der Waals surface area contributed by atoms with Crippen molar-refractivity contribution >= 4 is 5.91 Å². The van der Waals surface area contributed by atoms with Crippen molar-refractivity contribution in [2.24, 2.45) is 17.7 Å². The number of aliphatic hydroxyl groups excluding tert-OH is 1. The maximum absolute atomic E-state index is 13.9. The summed E-state index contributed by atoms with van der Waals surface area (Å²) in [5.74, 6) is 5.18. The molecule has 1 aliphatic carbocycles. The van der Waals surface area contributed by atoms with Crippen LogP contribution in [0.25, 0.3) is 0 Å². The molecule has 3 unspecified atom stereocenters. The summed E-state index contributed by atoms with van der Waals surface area (Å²) in [6.07, 6.45) is 1.70. The van der Waals surface area contributed by atoms with Gasteiger partial charge in [-0.05, 0) is 37.0 Å². The normalized spacial score (nSPS) is 28.6. The highest BCUT2D eigenvalue weighted by molar-refractivity contribution is 5.93. The van der Waals surface area contributed by atoms with E-state index < -0.39 is 5.91 Å². The van der Waals surface area contributed by atoms with Gasteiger partial charge in [-0.25, -0.2) is 10.2 Å². The van der Waals surface area contributed by atoms with Crippen molar-refractivity contribution in [2.75, 3.05) is 13.1 Å². The van der Waals surface area contributed by atoms with Gasteiger partial charge in [-0.3, -0.25) is 15.1 Å². The van der Waals surface area contributed by atoms with E-state index in [1.54, 1.807) is 6.07 Å². The molecule has 1 saturated carbocycles. The number of hydrogen-bond acceptors (Lipinski definition) is 4. The number of carbonyl (C=O) groups excluding carboxylic acids is 1. The molecule has 1 aliphatic heterocycles. The summed E-state index contributed by atoms with van der Waals surface area (Å²) < 4.78 is 13.9. The number of nitrogen functional groups attached to an aromatic ring is 1. The van der Waals surface area contributed by atoms with E-state index in [1.807, 2.05) is 0 Å². The number of aliphatic hydroxyl groups is 1. The number of nitrogens with one attached hydrogen (secondary N) is 1. The number of carbonyl (C=O) groups is 1. The zero-order chi connectivity index (χ0) is 15.0. The average molecular weight is 293 g/mol. The van der Waals surface area contributed by atoms with Crippen molar-refractivity contribution in [1.82, 2.24) is 10.3 Å². The third-order valence-corrected chi connectivity index (χ3v) is 4.73. The third-order valence-electron chi connectivity index (χ3n) is 4.73. The number of amides is 1. The van der Waals surface area contributed by atoms with Gasteiger partial charge in [0.05, 0.1) is 6.10 Å². The molecule has 6 heteroatoms. The van der Waals surface area contributed by atoms with Gasteiger partial charge >= 0.3 is 0 Å². The number of nitrogens with zero attached hydrogens (tertiary/aromatic N) is 1. The molecule has 4 N–H and O–H groups in total. The van der Waals surface area contributed by atoms with Gasteiger partial charge in [0.25, 0.3) is 5.91 Å². The molecule has 2 aliphatic rings. The van der Waals surface area contributed by atoms with E-state index >= 15 is 0 Å². The Morgan fingerprint density at radius 1 is 1.43 bits per heavy atom. The standard InChI is InChI=1S/C15H20FN3O2/c16-13-3-1-9(15(21)18-17)5-11(13)7-19-6-10-2-4-14(20)12(10)8-19/h1,3,5,10,12,14,20H,2,4,6-8,17H2,(H,18,21). The number of hydrazine groups is 1. The summed E-state index contributed by atoms with van der Waals surface area (Å²) in [5, 5.41) is 9.92. The largest absolute Gasteiger partial charge is 0.393 e. The molecule has 0 radical (unpaired) electrons. The van der Waals surface area contributed by atoms with Crippen molar-refractivity contribution in [3.63, 3.8) is 0 Å². The van der Waals surface area contributed by atoms with Gasteiger partial charge in [-0.2, -0.15) is 0 Å². The Labute approximate surface area is 122 Å². The minimum atomic E-state index is -0.426. The highest BCUT2D eigenvalue weighted by Gasteiger charge is 2.41. The lowest BCUT2D eigenvalue weighted by atomic mass is 10.00. The number of nitrogens with two attached hydrogens (primary N) is 1. The molecule has 3 atom stereocenters. The first-order chi connectivity index (χ1) is 10.1. The van der Waals surface area contributed by atoms with Crippen LogP contribution in [0.5, 0.6) is 0 Å². The number of likely N-dealkylation sites (tertiary alicyclic amines) is 1. The van der Waals surface area contributed by atoms with E-state index in [0.29, 0.717) is 29.5 Å². The van der Waals surface area contributed by atoms with Crippen molar-refractivity contribution < 1.29 is 14.3 Å². The number of hydrogen-bond donors (Lipinski definition) is 3. The summed E-state index contributed by atoms with van der Waals surface area (Å²) in [6.45, 7) is 2.13. The number of fused-ring (bicyclic) bond motifs is 1. The molecule has 21 heavy (non-hydrogen) atoms. The lowest BCUT2D eigenvalue weighted by molar-refractivity contribution is 0.0953. The first kappa shape index (κ1) is 14.4. The van der Waals surface area contributed by atoms with Gasteiger partial charge in [0.1, 0.15) is 5.82 Å². The zero-order valence-electron chi connectivity index (χ0n) is 11.8. The predicted molar refractivity (Wildman–Crippen MR) is 75.6 cm³/mol. The lowest BCUT2D eigenvalue weighted by Gasteiger charge is -2.18. The molecule has 1 aromatic rings. The molecule has 5 nitrogen and oxygen atoms in total. The third kappa shape index (κ3) is 2.79. The maximum atomic E-state index is 13.9. The van der Waals surface area contributed by atoms with Crippen molar-refractivity contribution in [3.8, 4) is 0 Å². The molecular formula is C15H20FN3O2. The summed E-state index contributed by atoms with van der Waals surface area (Å²) >= 11 is 0. The second-order valence-electron chi connectivity index (χ2n) is 6.04. The van der Waals surface area contributed by atoms with Crippen LogP contribution in [-0.2, 0) is 6.54 Å². The Morgan fingerprint density at radius 3 is 2.95 bits per heavy atom. The van der Waals surface area contributed by atoms with Gasteiger partial charge in [0.2, 0.25) is 0 Å². The fourth-order valence-electron chi connectivity index (χ4n) is 3.62. The van der Waals surface area contributed by atoms with E-state index in [2.05, 4.69) is 10.3 Å². The molecular weight excluding hydrogens is 273 g/mol. The Hall–Kier alpha value is -1.50. The van der Waals surface area contributed by atoms with Crippen LogP contribution in [0.3, 0.4) is 0 Å². The molecule has 114 valence electrons. The molecule has 1 saturated heterocycles. The summed E-state index contributed by atoms with van der Waals surface area (Å²) in [4.78, 5) is 13.7. The van der Waals surface area contributed by atoms with Crippen LogP contribution in [0.1, 0.15) is 28.8 Å². The zero-order valence-corrected chi connectivity index (χ0v) is 11.8. The van der Waals surface area contributed by atoms with E-state index in [4.69, 9.17) is 5.84 Å². The van der Waals surface area contributed by atoms with Gasteiger partial charge < -0.3 is 5.11 Å². The molecule has 1 heterocycles. The Bertz CT molecular complexity index is 552. The Kier molecular flexibility index (Phi) is 3.93. The minimum absolute atomic E-state index is 0.223. The molecule has 3 rings (SSSR count). The van der Waals surface area contributed by atoms with Crippen LogP contribution < -0.4 is 11.3 Å². The van der Waals surface area contributed by atoms with Gasteiger partial charge in [0.15, 0.2) is 0 Å². The van der Waals surface area contributed by atoms with Crippen LogP contribution in [0, 0.1) is 17.7 Å². The minimum Gasteiger partial charge on any atom is -0.393 e. The van der Waals surface area contributed by atoms with Crippen LogP contribution >= 0.6 is 0 Å². The number of benzene rings is 1. The fourth-order valence-corrected chi connectivity index (χ4v) is 3.62. The van der Waals surface area contributed by atoms with Gasteiger partial charge in [-0.15, -0.1) is 0 Å². The fraction of sp³-hybridized carbons (Fsp3) is 0.533. The maximum Gasteiger partial charge on any atom is 0.265 e. The summed E-state index contributed by atoms with van der Waals surface area (Å²) in [7, 11) is 0. The van der Waals surface area contributed by atoms with Crippen LogP contribution in [0.15, 0.2) is 18.2 Å². The second kappa shape index (κ2) is 5.71. The van der Waals surface area contributed by atoms with Crippen molar-refractivity contribution in [3.05, 3.63) is 35.1 Å². The number of rotatable bonds is 3. The smallest absolute Gasteiger partial charge is 0.265 e. The van der Waals surface area contributed by atoms with Crippen LogP contribution in [0.2, 0.25) is 0 Å². The quantitative estimate of drug-likeness (QED) is 0.434. The van der Waals surface area contributed by atoms with Gasteiger partial charge in [0, 0.05) is 36.7 Å². The number of halogens is 1. The molecule has 1 amide bonds. The first-order valence-electron chi connectivity index (χ1n) is 7.28. The predicted octanol–water partition coefficient (Wildman–Crippen LogP) is 0.632. The molecule has 0 bridgehead atoms. The highest BCUT2D eigenvalue weighted by atomic mass is 19.1. The Morgan fingerprint density at radius 2 is 2.24 bits per heavy atom. The van der Waals surface area contributed by atoms with E-state index in [-0.39, 0.29) is 11.9 Å². The lowest BCUT2D eigenvalue weighted by Crippen LogP contribution is -2.30. The topological polar surface area (TPSA) is 78.6 Å².